The van der Waals surface area contributed by atoms with Crippen molar-refractivity contribution in [2.45, 2.75) is 58.2 Å². The van der Waals surface area contributed by atoms with Gasteiger partial charge in [-0.1, -0.05) is 18.6 Å². The Labute approximate surface area is 139 Å². The lowest BCUT2D eigenvalue weighted by molar-refractivity contribution is -0.124. The molecule has 1 aromatic rings. The molecule has 0 aromatic heterocycles. The normalized spacial score (nSPS) is 19.2. The number of carbonyl (C=O) groups excluding carboxylic acids is 1. The third kappa shape index (κ3) is 5.50. The quantitative estimate of drug-likeness (QED) is 0.873. The van der Waals surface area contributed by atoms with E-state index in [2.05, 4.69) is 10.6 Å². The molecule has 1 aromatic carbocycles. The van der Waals surface area contributed by atoms with Crippen LogP contribution in [0.15, 0.2) is 24.3 Å². The van der Waals surface area contributed by atoms with Crippen molar-refractivity contribution in [1.82, 2.24) is 10.6 Å². The highest BCUT2D eigenvalue weighted by atomic mass is 35.5. The summed E-state index contributed by atoms with van der Waals surface area (Å²) in [6.45, 7) is 6.97. The van der Waals surface area contributed by atoms with Gasteiger partial charge < -0.3 is 15.4 Å². The van der Waals surface area contributed by atoms with Crippen molar-refractivity contribution in [2.75, 3.05) is 6.54 Å². The zero-order chi connectivity index (χ0) is 15.2. The van der Waals surface area contributed by atoms with Crippen LogP contribution >= 0.6 is 12.4 Å². The molecule has 1 heterocycles. The van der Waals surface area contributed by atoms with Crippen LogP contribution in [0, 0.1) is 0 Å². The number of hydrogen-bond donors (Lipinski definition) is 2. The van der Waals surface area contributed by atoms with Gasteiger partial charge in [-0.15, -0.1) is 12.4 Å². The second-order valence-electron chi connectivity index (χ2n) is 5.97. The summed E-state index contributed by atoms with van der Waals surface area (Å²) < 4.78 is 5.63. The van der Waals surface area contributed by atoms with Crippen molar-refractivity contribution in [3.8, 4) is 5.75 Å². The zero-order valence-corrected chi connectivity index (χ0v) is 14.4. The topological polar surface area (TPSA) is 50.4 Å². The average Bonchev–Trinajstić information content (AvgIpc) is 2.48. The van der Waals surface area contributed by atoms with E-state index in [-0.39, 0.29) is 36.5 Å². The van der Waals surface area contributed by atoms with Gasteiger partial charge in [-0.2, -0.15) is 0 Å². The van der Waals surface area contributed by atoms with Crippen molar-refractivity contribution >= 4 is 18.3 Å². The van der Waals surface area contributed by atoms with Gasteiger partial charge in [-0.25, -0.2) is 0 Å². The Hall–Kier alpha value is -1.26. The Balaban J connectivity index is 0.00000242. The number of rotatable bonds is 5. The first-order valence-electron chi connectivity index (χ1n) is 7.86. The number of benzene rings is 1. The van der Waals surface area contributed by atoms with Crippen molar-refractivity contribution in [3.05, 3.63) is 29.8 Å². The largest absolute Gasteiger partial charge is 0.491 e. The summed E-state index contributed by atoms with van der Waals surface area (Å²) in [5.74, 6) is 0.964. The first-order chi connectivity index (χ1) is 10.1. The number of carbonyl (C=O) groups is 1. The molecule has 1 aliphatic heterocycles. The zero-order valence-electron chi connectivity index (χ0n) is 13.6. The number of hydrogen-bond acceptors (Lipinski definition) is 3. The molecule has 1 aliphatic rings. The van der Waals surface area contributed by atoms with Crippen LogP contribution in [0.3, 0.4) is 0 Å². The van der Waals surface area contributed by atoms with E-state index in [1.807, 2.05) is 45.0 Å². The molecule has 0 spiro atoms. The molecule has 2 N–H and O–H groups in total. The standard InChI is InChI=1S/C17H26N2O2.ClH/c1-12(2)21-15-9-7-14(8-10-15)13(3)19-17(20)16-6-4-5-11-18-16;/h7-10,12-13,16,18H,4-6,11H2,1-3H3,(H,19,20);1H/t13?,16-;/m0./s1. The molecule has 5 heteroatoms. The van der Waals surface area contributed by atoms with Crippen LogP contribution in [0.4, 0.5) is 0 Å². The molecule has 1 amide bonds. The summed E-state index contributed by atoms with van der Waals surface area (Å²) in [5, 5.41) is 6.36. The van der Waals surface area contributed by atoms with Crippen LogP contribution in [0.5, 0.6) is 5.75 Å². The van der Waals surface area contributed by atoms with Crippen LogP contribution in [-0.4, -0.2) is 24.6 Å². The molecule has 4 nitrogen and oxygen atoms in total. The van der Waals surface area contributed by atoms with E-state index in [1.54, 1.807) is 0 Å². The van der Waals surface area contributed by atoms with Gasteiger partial charge >= 0.3 is 0 Å². The highest BCUT2D eigenvalue weighted by Gasteiger charge is 2.21. The summed E-state index contributed by atoms with van der Waals surface area (Å²) in [6, 6.07) is 7.90. The van der Waals surface area contributed by atoms with Crippen LogP contribution in [0.1, 0.15) is 51.6 Å². The molecule has 1 fully saturated rings. The lowest BCUT2D eigenvalue weighted by Gasteiger charge is -2.24. The van der Waals surface area contributed by atoms with Gasteiger partial charge in [0.1, 0.15) is 5.75 Å². The predicted octanol–water partition coefficient (Wildman–Crippen LogP) is 3.21. The molecule has 1 saturated heterocycles. The van der Waals surface area contributed by atoms with Crippen molar-refractivity contribution in [3.63, 3.8) is 0 Å². The Kier molecular flexibility index (Phi) is 7.69. The first kappa shape index (κ1) is 18.8. The molecule has 0 radical (unpaired) electrons. The number of piperidine rings is 1. The minimum Gasteiger partial charge on any atom is -0.491 e. The minimum absolute atomic E-state index is 0. The van der Waals surface area contributed by atoms with Crippen molar-refractivity contribution in [1.29, 1.82) is 0 Å². The molecular weight excluding hydrogens is 300 g/mol. The molecule has 2 atom stereocenters. The fourth-order valence-corrected chi connectivity index (χ4v) is 2.58. The number of amides is 1. The molecule has 0 aliphatic carbocycles. The van der Waals surface area contributed by atoms with Crippen molar-refractivity contribution < 1.29 is 9.53 Å². The fourth-order valence-electron chi connectivity index (χ4n) is 2.58. The van der Waals surface area contributed by atoms with E-state index in [0.717, 1.165) is 37.1 Å². The van der Waals surface area contributed by atoms with E-state index in [4.69, 9.17) is 4.74 Å². The molecule has 2 rings (SSSR count). The first-order valence-corrected chi connectivity index (χ1v) is 7.86. The molecular formula is C17H27ClN2O2. The Morgan fingerprint density at radius 2 is 1.91 bits per heavy atom. The van der Waals surface area contributed by atoms with Gasteiger partial charge in [0.25, 0.3) is 0 Å². The van der Waals surface area contributed by atoms with Gasteiger partial charge in [0.05, 0.1) is 18.2 Å². The maximum absolute atomic E-state index is 12.2. The summed E-state index contributed by atoms with van der Waals surface area (Å²) in [5.41, 5.74) is 1.09. The minimum atomic E-state index is -0.0373. The number of halogens is 1. The van der Waals surface area contributed by atoms with Crippen LogP contribution in [0.2, 0.25) is 0 Å². The number of ether oxygens (including phenoxy) is 1. The van der Waals surface area contributed by atoms with Crippen LogP contribution in [0.25, 0.3) is 0 Å². The Morgan fingerprint density at radius 1 is 1.23 bits per heavy atom. The monoisotopic (exact) mass is 326 g/mol. The fraction of sp³-hybridized carbons (Fsp3) is 0.588. The van der Waals surface area contributed by atoms with Gasteiger partial charge in [0.2, 0.25) is 5.91 Å². The molecule has 22 heavy (non-hydrogen) atoms. The van der Waals surface area contributed by atoms with E-state index >= 15 is 0 Å². The van der Waals surface area contributed by atoms with E-state index in [9.17, 15) is 4.79 Å². The smallest absolute Gasteiger partial charge is 0.237 e. The predicted molar refractivity (Wildman–Crippen MR) is 91.7 cm³/mol. The summed E-state index contributed by atoms with van der Waals surface area (Å²) in [4.78, 5) is 12.2. The highest BCUT2D eigenvalue weighted by molar-refractivity contribution is 5.85. The average molecular weight is 327 g/mol. The summed E-state index contributed by atoms with van der Waals surface area (Å²) in [6.07, 6.45) is 3.39. The van der Waals surface area contributed by atoms with E-state index in [1.165, 1.54) is 0 Å². The highest BCUT2D eigenvalue weighted by Crippen LogP contribution is 2.19. The summed E-state index contributed by atoms with van der Waals surface area (Å²) in [7, 11) is 0. The third-order valence-corrected chi connectivity index (χ3v) is 3.74. The van der Waals surface area contributed by atoms with Gasteiger partial charge in [0, 0.05) is 0 Å². The maximum Gasteiger partial charge on any atom is 0.237 e. The molecule has 1 unspecified atom stereocenters. The van der Waals surface area contributed by atoms with Crippen molar-refractivity contribution in [2.24, 2.45) is 0 Å². The second kappa shape index (κ2) is 9.01. The third-order valence-electron chi connectivity index (χ3n) is 3.74. The Morgan fingerprint density at radius 3 is 2.45 bits per heavy atom. The SMILES string of the molecule is CC(C)Oc1ccc(C(C)NC(=O)[C@@H]2CCCCN2)cc1.Cl. The lowest BCUT2D eigenvalue weighted by Crippen LogP contribution is -2.47. The van der Waals surface area contributed by atoms with E-state index in [0.29, 0.717) is 0 Å². The number of nitrogens with one attached hydrogen (secondary N) is 2. The van der Waals surface area contributed by atoms with Gasteiger partial charge in [-0.05, 0) is 57.9 Å². The van der Waals surface area contributed by atoms with Gasteiger partial charge in [0.15, 0.2) is 0 Å². The Bertz CT molecular complexity index is 456. The maximum atomic E-state index is 12.2. The van der Waals surface area contributed by atoms with Gasteiger partial charge in [-0.3, -0.25) is 4.79 Å². The second-order valence-corrected chi connectivity index (χ2v) is 5.97. The lowest BCUT2D eigenvalue weighted by atomic mass is 10.0. The van der Waals surface area contributed by atoms with E-state index < -0.39 is 0 Å². The summed E-state index contributed by atoms with van der Waals surface area (Å²) >= 11 is 0. The molecule has 0 bridgehead atoms. The van der Waals surface area contributed by atoms with Crippen LogP contribution < -0.4 is 15.4 Å². The molecule has 0 saturated carbocycles. The van der Waals surface area contributed by atoms with Crippen LogP contribution in [-0.2, 0) is 4.79 Å². The molecule has 124 valence electrons.